The molecule has 4 nitrogen and oxygen atoms in total. The lowest BCUT2D eigenvalue weighted by atomic mass is 10.2. The fourth-order valence-electron chi connectivity index (χ4n) is 0.753. The molecule has 0 saturated heterocycles. The van der Waals surface area contributed by atoms with Gasteiger partial charge < -0.3 is 5.32 Å². The van der Waals surface area contributed by atoms with E-state index in [9.17, 15) is 4.79 Å². The highest BCUT2D eigenvalue weighted by Gasteiger charge is 2.07. The maximum Gasteiger partial charge on any atom is 0.228 e. The smallest absolute Gasteiger partial charge is 0.228 e. The van der Waals surface area contributed by atoms with Crippen LogP contribution in [0.2, 0.25) is 0 Å². The lowest BCUT2D eigenvalue weighted by molar-refractivity contribution is -0.118. The number of carbonyl (C=O) groups is 1. The molecular weight excluding hydrogens is 154 g/mol. The molecule has 0 aliphatic heterocycles. The Bertz CT molecular complexity index is 278. The first-order chi connectivity index (χ1) is 5.59. The zero-order valence-electron chi connectivity index (χ0n) is 7.51. The van der Waals surface area contributed by atoms with Gasteiger partial charge in [-0.05, 0) is 6.92 Å². The van der Waals surface area contributed by atoms with Gasteiger partial charge in [-0.3, -0.25) is 9.89 Å². The van der Waals surface area contributed by atoms with Gasteiger partial charge in [0.25, 0.3) is 0 Å². The van der Waals surface area contributed by atoms with Gasteiger partial charge in [-0.25, -0.2) is 0 Å². The lowest BCUT2D eigenvalue weighted by Crippen LogP contribution is -2.17. The van der Waals surface area contributed by atoms with E-state index in [0.717, 1.165) is 5.69 Å². The Morgan fingerprint density at radius 2 is 2.33 bits per heavy atom. The van der Waals surface area contributed by atoms with Crippen molar-refractivity contribution in [1.82, 2.24) is 10.2 Å². The van der Waals surface area contributed by atoms with E-state index < -0.39 is 0 Å². The van der Waals surface area contributed by atoms with Crippen molar-refractivity contribution in [3.8, 4) is 0 Å². The highest BCUT2D eigenvalue weighted by molar-refractivity contribution is 5.91. The Kier molecular flexibility index (Phi) is 2.47. The molecule has 0 fully saturated rings. The molecule has 2 N–H and O–H groups in total. The molecule has 0 radical (unpaired) electrons. The number of aromatic nitrogens is 2. The molecule has 1 rings (SSSR count). The topological polar surface area (TPSA) is 57.8 Å². The second kappa shape index (κ2) is 3.38. The molecule has 0 aliphatic rings. The summed E-state index contributed by atoms with van der Waals surface area (Å²) in [5, 5.41) is 9.31. The molecule has 0 atom stereocenters. The lowest BCUT2D eigenvalue weighted by Gasteiger charge is -2.02. The van der Waals surface area contributed by atoms with Crippen molar-refractivity contribution in [1.29, 1.82) is 0 Å². The molecule has 1 aromatic rings. The number of hydrogen-bond donors (Lipinski definition) is 2. The molecule has 0 unspecified atom stereocenters. The van der Waals surface area contributed by atoms with Crippen LogP contribution in [0.25, 0.3) is 0 Å². The van der Waals surface area contributed by atoms with Gasteiger partial charge in [-0.2, -0.15) is 5.10 Å². The summed E-state index contributed by atoms with van der Waals surface area (Å²) in [6.07, 6.45) is 0. The minimum atomic E-state index is -0.0125. The third-order valence-electron chi connectivity index (χ3n) is 1.48. The van der Waals surface area contributed by atoms with Crippen molar-refractivity contribution >= 4 is 11.7 Å². The molecular formula is C8H13N3O. The van der Waals surface area contributed by atoms with E-state index in [1.807, 2.05) is 20.8 Å². The molecule has 0 saturated carbocycles. The van der Waals surface area contributed by atoms with E-state index in [1.54, 1.807) is 6.07 Å². The molecule has 1 heterocycles. The van der Waals surface area contributed by atoms with Crippen molar-refractivity contribution < 1.29 is 4.79 Å². The van der Waals surface area contributed by atoms with E-state index in [0.29, 0.717) is 5.82 Å². The maximum absolute atomic E-state index is 11.2. The summed E-state index contributed by atoms with van der Waals surface area (Å²) in [5.74, 6) is 0.565. The SMILES string of the molecule is Cc1cc(NC(=O)C(C)C)n[nH]1. The van der Waals surface area contributed by atoms with Crippen LogP contribution in [0.4, 0.5) is 5.82 Å². The van der Waals surface area contributed by atoms with Gasteiger partial charge in [0.1, 0.15) is 0 Å². The molecule has 4 heteroatoms. The maximum atomic E-state index is 11.2. The molecule has 12 heavy (non-hydrogen) atoms. The Labute approximate surface area is 71.4 Å². The van der Waals surface area contributed by atoms with Crippen LogP contribution >= 0.6 is 0 Å². The van der Waals surface area contributed by atoms with E-state index in [1.165, 1.54) is 0 Å². The zero-order chi connectivity index (χ0) is 9.14. The van der Waals surface area contributed by atoms with E-state index in [2.05, 4.69) is 15.5 Å². The van der Waals surface area contributed by atoms with Crippen molar-refractivity contribution in [2.45, 2.75) is 20.8 Å². The number of amides is 1. The normalized spacial score (nSPS) is 10.3. The third-order valence-corrected chi connectivity index (χ3v) is 1.48. The molecule has 0 aromatic carbocycles. The highest BCUT2D eigenvalue weighted by atomic mass is 16.1. The number of carbonyl (C=O) groups excluding carboxylic acids is 1. The number of aryl methyl sites for hydroxylation is 1. The molecule has 66 valence electrons. The molecule has 0 bridgehead atoms. The van der Waals surface area contributed by atoms with Gasteiger partial charge in [-0.15, -0.1) is 0 Å². The quantitative estimate of drug-likeness (QED) is 0.697. The fourth-order valence-corrected chi connectivity index (χ4v) is 0.753. The Hall–Kier alpha value is -1.32. The van der Waals surface area contributed by atoms with Gasteiger partial charge in [0, 0.05) is 17.7 Å². The number of H-pyrrole nitrogens is 1. The summed E-state index contributed by atoms with van der Waals surface area (Å²) in [5.41, 5.74) is 0.939. The van der Waals surface area contributed by atoms with E-state index >= 15 is 0 Å². The van der Waals surface area contributed by atoms with Crippen LogP contribution in [-0.2, 0) is 4.79 Å². The van der Waals surface area contributed by atoms with Crippen LogP contribution in [-0.4, -0.2) is 16.1 Å². The second-order valence-electron chi connectivity index (χ2n) is 3.08. The number of nitrogens with zero attached hydrogens (tertiary/aromatic N) is 1. The van der Waals surface area contributed by atoms with Crippen molar-refractivity contribution in [3.05, 3.63) is 11.8 Å². The first-order valence-corrected chi connectivity index (χ1v) is 3.92. The standard InChI is InChI=1S/C8H13N3O/c1-5(2)8(12)9-7-4-6(3)10-11-7/h4-5H,1-3H3,(H2,9,10,11,12). The summed E-state index contributed by atoms with van der Waals surface area (Å²) >= 11 is 0. The predicted octanol–water partition coefficient (Wildman–Crippen LogP) is 1.31. The van der Waals surface area contributed by atoms with Gasteiger partial charge in [0.05, 0.1) is 0 Å². The Balaban J connectivity index is 2.58. The third kappa shape index (κ3) is 2.08. The molecule has 0 spiro atoms. The molecule has 1 aromatic heterocycles. The first kappa shape index (κ1) is 8.77. The van der Waals surface area contributed by atoms with Gasteiger partial charge in [0.2, 0.25) is 5.91 Å². The molecule has 1 amide bonds. The first-order valence-electron chi connectivity index (χ1n) is 3.92. The monoisotopic (exact) mass is 167 g/mol. The highest BCUT2D eigenvalue weighted by Crippen LogP contribution is 2.05. The van der Waals surface area contributed by atoms with E-state index in [-0.39, 0.29) is 11.8 Å². The minimum absolute atomic E-state index is 0.0120. The van der Waals surface area contributed by atoms with E-state index in [4.69, 9.17) is 0 Å². The van der Waals surface area contributed by atoms with Crippen LogP contribution in [0.1, 0.15) is 19.5 Å². The predicted molar refractivity (Wildman–Crippen MR) is 46.8 cm³/mol. The van der Waals surface area contributed by atoms with Crippen molar-refractivity contribution in [3.63, 3.8) is 0 Å². The molecule has 0 aliphatic carbocycles. The number of anilines is 1. The van der Waals surface area contributed by atoms with Crippen LogP contribution in [0, 0.1) is 12.8 Å². The average Bonchev–Trinajstić information content (AvgIpc) is 2.35. The summed E-state index contributed by atoms with van der Waals surface area (Å²) in [4.78, 5) is 11.2. The van der Waals surface area contributed by atoms with Gasteiger partial charge in [0.15, 0.2) is 5.82 Å². The summed E-state index contributed by atoms with van der Waals surface area (Å²) in [6.45, 7) is 5.57. The number of aromatic amines is 1. The Morgan fingerprint density at radius 1 is 1.67 bits per heavy atom. The number of hydrogen-bond acceptors (Lipinski definition) is 2. The van der Waals surface area contributed by atoms with Crippen LogP contribution in [0.3, 0.4) is 0 Å². The largest absolute Gasteiger partial charge is 0.309 e. The van der Waals surface area contributed by atoms with Crippen molar-refractivity contribution in [2.24, 2.45) is 5.92 Å². The van der Waals surface area contributed by atoms with Gasteiger partial charge in [-0.1, -0.05) is 13.8 Å². The second-order valence-corrected chi connectivity index (χ2v) is 3.08. The number of rotatable bonds is 2. The fraction of sp³-hybridized carbons (Fsp3) is 0.500. The average molecular weight is 167 g/mol. The summed E-state index contributed by atoms with van der Waals surface area (Å²) in [7, 11) is 0. The van der Waals surface area contributed by atoms with Crippen LogP contribution in [0.5, 0.6) is 0 Å². The van der Waals surface area contributed by atoms with Gasteiger partial charge >= 0.3 is 0 Å². The van der Waals surface area contributed by atoms with Crippen molar-refractivity contribution in [2.75, 3.05) is 5.32 Å². The minimum Gasteiger partial charge on any atom is -0.309 e. The Morgan fingerprint density at radius 3 is 2.75 bits per heavy atom. The zero-order valence-corrected chi connectivity index (χ0v) is 7.51. The summed E-state index contributed by atoms with van der Waals surface area (Å²) in [6, 6.07) is 1.79. The number of nitrogens with one attached hydrogen (secondary N) is 2. The van der Waals surface area contributed by atoms with Crippen LogP contribution < -0.4 is 5.32 Å². The van der Waals surface area contributed by atoms with Crippen LogP contribution in [0.15, 0.2) is 6.07 Å². The summed E-state index contributed by atoms with van der Waals surface area (Å²) < 4.78 is 0.